The fourth-order valence-electron chi connectivity index (χ4n) is 3.05. The molecule has 1 aliphatic rings. The Bertz CT molecular complexity index is 868. The number of aliphatic hydroxyl groups excluding tert-OH is 1. The fourth-order valence-corrected chi connectivity index (χ4v) is 3.05. The van der Waals surface area contributed by atoms with Crippen LogP contribution >= 0.6 is 0 Å². The molecule has 2 bridgehead atoms. The Morgan fingerprint density at radius 3 is 2.90 bits per heavy atom. The summed E-state index contributed by atoms with van der Waals surface area (Å²) in [5.74, 6) is 0.271. The van der Waals surface area contributed by atoms with E-state index in [1.807, 2.05) is 18.2 Å². The molecule has 7 heteroatoms. The quantitative estimate of drug-likeness (QED) is 0.729. The van der Waals surface area contributed by atoms with Crippen LogP contribution in [0, 0.1) is 0 Å². The standard InChI is InChI=1S/C22H26N2O5/c1-15(14-25)24-22(27)18-5-6-20-19(13-18)12-16-3-2-4-17(11-16)21(26)23-7-8-28-9-10-29-20/h2-6,11,13,15,25H,7-10,12,14H2,1H3,(H,23,26)(H,24,27)/t15-/m0/s1. The number of benzene rings is 2. The maximum atomic E-state index is 12.4. The van der Waals surface area contributed by atoms with Crippen molar-refractivity contribution in [3.05, 3.63) is 64.7 Å². The molecule has 1 heterocycles. The predicted molar refractivity (Wildman–Crippen MR) is 108 cm³/mol. The second-order valence-electron chi connectivity index (χ2n) is 6.97. The lowest BCUT2D eigenvalue weighted by atomic mass is 9.99. The van der Waals surface area contributed by atoms with E-state index in [0.29, 0.717) is 49.7 Å². The van der Waals surface area contributed by atoms with E-state index in [2.05, 4.69) is 10.6 Å². The zero-order valence-electron chi connectivity index (χ0n) is 16.4. The molecule has 0 saturated carbocycles. The SMILES string of the molecule is C[C@@H](CO)NC(=O)c1ccc2c(c1)Cc1cccc(c1)C(=O)NCCOCCO2. The summed E-state index contributed by atoms with van der Waals surface area (Å²) in [6.07, 6.45) is 0.508. The average molecular weight is 398 g/mol. The van der Waals surface area contributed by atoms with E-state index in [1.54, 1.807) is 31.2 Å². The minimum absolute atomic E-state index is 0.130. The maximum absolute atomic E-state index is 12.4. The van der Waals surface area contributed by atoms with Crippen molar-refractivity contribution in [3.8, 4) is 5.75 Å². The monoisotopic (exact) mass is 398 g/mol. The summed E-state index contributed by atoms with van der Waals surface area (Å²) in [6.45, 7) is 3.21. The molecular weight excluding hydrogens is 372 g/mol. The molecule has 0 saturated heterocycles. The van der Waals surface area contributed by atoms with E-state index in [4.69, 9.17) is 14.6 Å². The number of nitrogens with one attached hydrogen (secondary N) is 2. The van der Waals surface area contributed by atoms with Crippen molar-refractivity contribution in [2.24, 2.45) is 0 Å². The number of carbonyl (C=O) groups excluding carboxylic acids is 2. The summed E-state index contributed by atoms with van der Waals surface area (Å²) in [5.41, 5.74) is 2.84. The van der Waals surface area contributed by atoms with E-state index in [0.717, 1.165) is 11.1 Å². The molecule has 2 aromatic rings. The van der Waals surface area contributed by atoms with Crippen molar-refractivity contribution in [1.82, 2.24) is 10.6 Å². The number of fused-ring (bicyclic) bond motifs is 3. The van der Waals surface area contributed by atoms with E-state index in [9.17, 15) is 9.59 Å². The zero-order chi connectivity index (χ0) is 20.6. The van der Waals surface area contributed by atoms with Gasteiger partial charge in [-0.2, -0.15) is 0 Å². The van der Waals surface area contributed by atoms with Crippen molar-refractivity contribution < 1.29 is 24.2 Å². The molecule has 0 spiro atoms. The highest BCUT2D eigenvalue weighted by Gasteiger charge is 2.14. The molecule has 2 aromatic carbocycles. The summed E-state index contributed by atoms with van der Waals surface area (Å²) in [6, 6.07) is 12.3. The molecule has 0 aromatic heterocycles. The summed E-state index contributed by atoms with van der Waals surface area (Å²) in [7, 11) is 0. The van der Waals surface area contributed by atoms with Crippen LogP contribution in [-0.2, 0) is 11.2 Å². The first-order valence-corrected chi connectivity index (χ1v) is 9.69. The molecule has 3 N–H and O–H groups in total. The van der Waals surface area contributed by atoms with Gasteiger partial charge in [0.1, 0.15) is 12.4 Å². The molecule has 154 valence electrons. The summed E-state index contributed by atoms with van der Waals surface area (Å²) < 4.78 is 11.4. The molecule has 2 amide bonds. The summed E-state index contributed by atoms with van der Waals surface area (Å²) in [5, 5.41) is 14.7. The number of aliphatic hydroxyl groups is 1. The Balaban J connectivity index is 1.91. The van der Waals surface area contributed by atoms with Crippen molar-refractivity contribution >= 4 is 11.8 Å². The minimum Gasteiger partial charge on any atom is -0.491 e. The van der Waals surface area contributed by atoms with Gasteiger partial charge in [-0.1, -0.05) is 12.1 Å². The van der Waals surface area contributed by atoms with Crippen LogP contribution in [-0.4, -0.2) is 55.9 Å². The van der Waals surface area contributed by atoms with Gasteiger partial charge in [0, 0.05) is 30.1 Å². The molecule has 7 nitrogen and oxygen atoms in total. The van der Waals surface area contributed by atoms with Crippen molar-refractivity contribution in [1.29, 1.82) is 0 Å². The molecule has 0 aliphatic carbocycles. The topological polar surface area (TPSA) is 96.9 Å². The number of hydrogen-bond donors (Lipinski definition) is 3. The first kappa shape index (κ1) is 20.8. The van der Waals surface area contributed by atoms with Crippen molar-refractivity contribution in [2.75, 3.05) is 33.0 Å². The molecular formula is C22H26N2O5. The van der Waals surface area contributed by atoms with Crippen LogP contribution in [0.1, 0.15) is 38.8 Å². The largest absolute Gasteiger partial charge is 0.491 e. The van der Waals surface area contributed by atoms with Gasteiger partial charge >= 0.3 is 0 Å². The fraction of sp³-hybridized carbons (Fsp3) is 0.364. The minimum atomic E-state index is -0.334. The van der Waals surface area contributed by atoms with Crippen LogP contribution in [0.5, 0.6) is 5.75 Å². The lowest BCUT2D eigenvalue weighted by molar-refractivity contribution is 0.0865. The number of carbonyl (C=O) groups is 2. The maximum Gasteiger partial charge on any atom is 0.251 e. The molecule has 0 fully saturated rings. The highest BCUT2D eigenvalue weighted by molar-refractivity contribution is 5.95. The Morgan fingerprint density at radius 2 is 2.07 bits per heavy atom. The Hall–Kier alpha value is -2.90. The normalized spacial score (nSPS) is 15.9. The van der Waals surface area contributed by atoms with Gasteiger partial charge in [-0.15, -0.1) is 0 Å². The Morgan fingerprint density at radius 1 is 1.21 bits per heavy atom. The van der Waals surface area contributed by atoms with Crippen LogP contribution in [0.25, 0.3) is 0 Å². The molecule has 3 rings (SSSR count). The van der Waals surface area contributed by atoms with Gasteiger partial charge in [0.15, 0.2) is 0 Å². The number of amides is 2. The lowest BCUT2D eigenvalue weighted by Gasteiger charge is -2.16. The van der Waals surface area contributed by atoms with Crippen LogP contribution < -0.4 is 15.4 Å². The number of hydrogen-bond acceptors (Lipinski definition) is 5. The van der Waals surface area contributed by atoms with Crippen LogP contribution in [0.2, 0.25) is 0 Å². The third-order valence-electron chi connectivity index (χ3n) is 4.57. The van der Waals surface area contributed by atoms with Crippen LogP contribution in [0.3, 0.4) is 0 Å². The van der Waals surface area contributed by atoms with Gasteiger partial charge in [-0.25, -0.2) is 0 Å². The van der Waals surface area contributed by atoms with Gasteiger partial charge in [0.25, 0.3) is 11.8 Å². The third-order valence-corrected chi connectivity index (χ3v) is 4.57. The Labute approximate surface area is 170 Å². The zero-order valence-corrected chi connectivity index (χ0v) is 16.4. The van der Waals surface area contributed by atoms with E-state index < -0.39 is 0 Å². The van der Waals surface area contributed by atoms with Gasteiger partial charge in [-0.05, 0) is 48.4 Å². The van der Waals surface area contributed by atoms with Crippen molar-refractivity contribution in [2.45, 2.75) is 19.4 Å². The van der Waals surface area contributed by atoms with Gasteiger partial charge in [0.2, 0.25) is 0 Å². The van der Waals surface area contributed by atoms with Gasteiger partial charge in [-0.3, -0.25) is 9.59 Å². The summed E-state index contributed by atoms with van der Waals surface area (Å²) >= 11 is 0. The predicted octanol–water partition coefficient (Wildman–Crippen LogP) is 1.53. The first-order chi connectivity index (χ1) is 14.1. The van der Waals surface area contributed by atoms with Gasteiger partial charge < -0.3 is 25.2 Å². The summed E-state index contributed by atoms with van der Waals surface area (Å²) in [4.78, 5) is 24.7. The lowest BCUT2D eigenvalue weighted by Crippen LogP contribution is -2.35. The van der Waals surface area contributed by atoms with E-state index >= 15 is 0 Å². The molecule has 1 aliphatic heterocycles. The van der Waals surface area contributed by atoms with Gasteiger partial charge in [0.05, 0.1) is 19.8 Å². The van der Waals surface area contributed by atoms with Crippen LogP contribution in [0.4, 0.5) is 0 Å². The second-order valence-corrected chi connectivity index (χ2v) is 6.97. The van der Waals surface area contributed by atoms with E-state index in [1.165, 1.54) is 0 Å². The average Bonchev–Trinajstić information content (AvgIpc) is 2.73. The third kappa shape index (κ3) is 5.79. The number of rotatable bonds is 3. The molecule has 0 radical (unpaired) electrons. The smallest absolute Gasteiger partial charge is 0.251 e. The Kier molecular flexibility index (Phi) is 7.21. The molecule has 1 atom stereocenters. The van der Waals surface area contributed by atoms with Crippen LogP contribution in [0.15, 0.2) is 42.5 Å². The highest BCUT2D eigenvalue weighted by atomic mass is 16.5. The second kappa shape index (κ2) is 10.0. The highest BCUT2D eigenvalue weighted by Crippen LogP contribution is 2.24. The molecule has 29 heavy (non-hydrogen) atoms. The first-order valence-electron chi connectivity index (χ1n) is 9.69. The van der Waals surface area contributed by atoms with Crippen molar-refractivity contribution in [3.63, 3.8) is 0 Å². The van der Waals surface area contributed by atoms with E-state index in [-0.39, 0.29) is 24.5 Å². The molecule has 0 unspecified atom stereocenters. The number of ether oxygens (including phenoxy) is 2.